The van der Waals surface area contributed by atoms with Crippen LogP contribution >= 0.6 is 0 Å². The lowest BCUT2D eigenvalue weighted by atomic mass is 10.00. The van der Waals surface area contributed by atoms with Gasteiger partial charge in [-0.1, -0.05) is 86.1 Å². The van der Waals surface area contributed by atoms with E-state index in [9.17, 15) is 4.79 Å². The number of amides is 2. The zero-order valence-electron chi connectivity index (χ0n) is 21.2. The van der Waals surface area contributed by atoms with Crippen molar-refractivity contribution in [3.63, 3.8) is 0 Å². The first-order chi connectivity index (χ1) is 17.1. The first-order valence-corrected chi connectivity index (χ1v) is 13.1. The summed E-state index contributed by atoms with van der Waals surface area (Å²) in [5.74, 6) is 0. The first kappa shape index (κ1) is 25.0. The molecule has 3 aromatic rings. The van der Waals surface area contributed by atoms with Crippen molar-refractivity contribution in [1.82, 2.24) is 9.80 Å². The van der Waals surface area contributed by atoms with E-state index in [0.29, 0.717) is 12.6 Å². The molecule has 1 atom stereocenters. The second-order valence-electron chi connectivity index (χ2n) is 9.81. The number of rotatable bonds is 9. The van der Waals surface area contributed by atoms with Gasteiger partial charge in [-0.05, 0) is 61.4 Å². The predicted molar refractivity (Wildman–Crippen MR) is 146 cm³/mol. The Bertz CT molecular complexity index is 1050. The summed E-state index contributed by atoms with van der Waals surface area (Å²) in [6.45, 7) is 7.32. The molecule has 1 aliphatic heterocycles. The zero-order chi connectivity index (χ0) is 24.5. The molecule has 0 radical (unpaired) electrons. The highest BCUT2D eigenvalue weighted by Gasteiger charge is 2.29. The van der Waals surface area contributed by atoms with Crippen LogP contribution in [-0.2, 0) is 13.0 Å². The minimum Gasteiger partial charge on any atom is -0.317 e. The van der Waals surface area contributed by atoms with Crippen molar-refractivity contribution in [3.05, 3.63) is 102 Å². The van der Waals surface area contributed by atoms with Gasteiger partial charge in [-0.2, -0.15) is 0 Å². The third kappa shape index (κ3) is 7.19. The lowest BCUT2D eigenvalue weighted by molar-refractivity contribution is 0.0989. The molecule has 184 valence electrons. The van der Waals surface area contributed by atoms with E-state index in [0.717, 1.165) is 38.0 Å². The van der Waals surface area contributed by atoms with E-state index in [-0.39, 0.29) is 12.1 Å². The molecule has 0 saturated carbocycles. The topological polar surface area (TPSA) is 35.6 Å². The molecule has 3 aromatic carbocycles. The number of carbonyl (C=O) groups excluding carboxylic acids is 1. The van der Waals surface area contributed by atoms with E-state index < -0.39 is 0 Å². The Morgan fingerprint density at radius 2 is 1.54 bits per heavy atom. The Morgan fingerprint density at radius 3 is 2.20 bits per heavy atom. The molecule has 0 spiro atoms. The second kappa shape index (κ2) is 12.6. The standard InChI is InChI=1S/C31H39N3O/c1-3-11-25(2)33-20-18-30(19-21-33)34(24-27-14-8-5-9-15-27)31(35)32-29-17-10-16-28(23-29)22-26-12-6-4-7-13-26/h4-10,12-17,23,25,30H,3,11,18-22,24H2,1-2H3,(H,32,35). The summed E-state index contributed by atoms with van der Waals surface area (Å²) in [7, 11) is 0. The van der Waals surface area contributed by atoms with Crippen molar-refractivity contribution < 1.29 is 4.79 Å². The van der Waals surface area contributed by atoms with Gasteiger partial charge in [0, 0.05) is 37.4 Å². The highest BCUT2D eigenvalue weighted by molar-refractivity contribution is 5.89. The number of piperidine rings is 1. The van der Waals surface area contributed by atoms with Gasteiger partial charge < -0.3 is 15.1 Å². The molecule has 1 fully saturated rings. The van der Waals surface area contributed by atoms with Crippen LogP contribution in [0.25, 0.3) is 0 Å². The Kier molecular flexibility index (Phi) is 8.96. The van der Waals surface area contributed by atoms with Crippen molar-refractivity contribution in [2.75, 3.05) is 18.4 Å². The van der Waals surface area contributed by atoms with Gasteiger partial charge in [0.2, 0.25) is 0 Å². The Labute approximate surface area is 211 Å². The first-order valence-electron chi connectivity index (χ1n) is 13.1. The average Bonchev–Trinajstić information content (AvgIpc) is 2.89. The number of likely N-dealkylation sites (tertiary alicyclic amines) is 1. The maximum atomic E-state index is 13.6. The third-order valence-electron chi connectivity index (χ3n) is 7.16. The number of benzene rings is 3. The van der Waals surface area contributed by atoms with Crippen molar-refractivity contribution in [1.29, 1.82) is 0 Å². The van der Waals surface area contributed by atoms with Crippen LogP contribution in [-0.4, -0.2) is 41.0 Å². The minimum absolute atomic E-state index is 0.00855. The second-order valence-corrected chi connectivity index (χ2v) is 9.81. The van der Waals surface area contributed by atoms with Crippen molar-refractivity contribution in [3.8, 4) is 0 Å². The SMILES string of the molecule is CCCC(C)N1CCC(N(Cc2ccccc2)C(=O)Nc2cccc(Cc3ccccc3)c2)CC1. The van der Waals surface area contributed by atoms with E-state index >= 15 is 0 Å². The summed E-state index contributed by atoms with van der Waals surface area (Å²) in [5, 5.41) is 3.21. The van der Waals surface area contributed by atoms with Gasteiger partial charge in [0.05, 0.1) is 0 Å². The molecule has 1 saturated heterocycles. The molecule has 2 amide bonds. The fourth-order valence-corrected chi connectivity index (χ4v) is 5.17. The van der Waals surface area contributed by atoms with Gasteiger partial charge in [-0.25, -0.2) is 4.79 Å². The molecule has 1 heterocycles. The molecule has 4 rings (SSSR count). The normalized spacial score (nSPS) is 15.5. The lowest BCUT2D eigenvalue weighted by Gasteiger charge is -2.40. The van der Waals surface area contributed by atoms with E-state index in [1.807, 2.05) is 36.4 Å². The smallest absolute Gasteiger partial charge is 0.317 e. The van der Waals surface area contributed by atoms with E-state index in [1.165, 1.54) is 29.5 Å². The number of nitrogens with zero attached hydrogens (tertiary/aromatic N) is 2. The van der Waals surface area contributed by atoms with E-state index in [1.54, 1.807) is 0 Å². The number of urea groups is 1. The highest BCUT2D eigenvalue weighted by Crippen LogP contribution is 2.23. The summed E-state index contributed by atoms with van der Waals surface area (Å²) >= 11 is 0. The average molecular weight is 470 g/mol. The monoisotopic (exact) mass is 469 g/mol. The van der Waals surface area contributed by atoms with E-state index in [2.05, 4.69) is 77.5 Å². The Hall–Kier alpha value is -3.11. The zero-order valence-corrected chi connectivity index (χ0v) is 21.2. The molecule has 1 unspecified atom stereocenters. The molecule has 4 nitrogen and oxygen atoms in total. The maximum absolute atomic E-state index is 13.6. The fourth-order valence-electron chi connectivity index (χ4n) is 5.17. The molecule has 1 aliphatic rings. The van der Waals surface area contributed by atoms with Crippen LogP contribution in [0.3, 0.4) is 0 Å². The van der Waals surface area contributed by atoms with Crippen molar-refractivity contribution in [2.24, 2.45) is 0 Å². The fraction of sp³-hybridized carbons (Fsp3) is 0.387. The molecule has 4 heteroatoms. The summed E-state index contributed by atoms with van der Waals surface area (Å²) < 4.78 is 0. The van der Waals surface area contributed by atoms with Crippen LogP contribution in [0.1, 0.15) is 56.2 Å². The Balaban J connectivity index is 1.45. The number of carbonyl (C=O) groups is 1. The minimum atomic E-state index is -0.00855. The van der Waals surface area contributed by atoms with Crippen molar-refractivity contribution in [2.45, 2.75) is 64.6 Å². The number of hydrogen-bond acceptors (Lipinski definition) is 2. The summed E-state index contributed by atoms with van der Waals surface area (Å²) in [4.78, 5) is 18.3. The van der Waals surface area contributed by atoms with Gasteiger partial charge in [0.1, 0.15) is 0 Å². The molecule has 1 N–H and O–H groups in total. The summed E-state index contributed by atoms with van der Waals surface area (Å²) in [6, 6.07) is 29.9. The van der Waals surface area contributed by atoms with Crippen LogP contribution in [0, 0.1) is 0 Å². The molecule has 0 aliphatic carbocycles. The molecule has 0 bridgehead atoms. The van der Waals surface area contributed by atoms with Crippen LogP contribution in [0.4, 0.5) is 10.5 Å². The van der Waals surface area contributed by atoms with E-state index in [4.69, 9.17) is 0 Å². The van der Waals surface area contributed by atoms with Crippen LogP contribution in [0.5, 0.6) is 0 Å². The van der Waals surface area contributed by atoms with Gasteiger partial charge >= 0.3 is 6.03 Å². The Morgan fingerprint density at radius 1 is 0.914 bits per heavy atom. The maximum Gasteiger partial charge on any atom is 0.322 e. The third-order valence-corrected chi connectivity index (χ3v) is 7.16. The number of anilines is 1. The van der Waals surface area contributed by atoms with Crippen molar-refractivity contribution >= 4 is 11.7 Å². The van der Waals surface area contributed by atoms with Gasteiger partial charge in [0.25, 0.3) is 0 Å². The largest absolute Gasteiger partial charge is 0.322 e. The van der Waals surface area contributed by atoms with Crippen LogP contribution in [0.2, 0.25) is 0 Å². The van der Waals surface area contributed by atoms with Crippen LogP contribution in [0.15, 0.2) is 84.9 Å². The quantitative estimate of drug-likeness (QED) is 0.367. The molecule has 35 heavy (non-hydrogen) atoms. The number of nitrogens with one attached hydrogen (secondary N) is 1. The van der Waals surface area contributed by atoms with Gasteiger partial charge in [-0.15, -0.1) is 0 Å². The summed E-state index contributed by atoms with van der Waals surface area (Å²) in [5.41, 5.74) is 4.49. The lowest BCUT2D eigenvalue weighted by Crippen LogP contribution is -2.50. The summed E-state index contributed by atoms with van der Waals surface area (Å²) in [6.07, 6.45) is 5.34. The highest BCUT2D eigenvalue weighted by atomic mass is 16.2. The van der Waals surface area contributed by atoms with Gasteiger partial charge in [0.15, 0.2) is 0 Å². The molecular weight excluding hydrogens is 430 g/mol. The molecular formula is C31H39N3O. The molecule has 0 aromatic heterocycles. The number of hydrogen-bond donors (Lipinski definition) is 1. The predicted octanol–water partition coefficient (Wildman–Crippen LogP) is 6.96. The van der Waals surface area contributed by atoms with Gasteiger partial charge in [-0.3, -0.25) is 0 Å². The van der Waals surface area contributed by atoms with Crippen LogP contribution < -0.4 is 5.32 Å².